The van der Waals surface area contributed by atoms with Gasteiger partial charge in [0.25, 0.3) is 0 Å². The standard InChI is InChI=1S/C20H22N2O4/c1-13-10-16(7-8-18(13)26-17-6-3-9-21-12-17)22-19(23)14-4-2-5-15(11-14)20(24)25/h3,6-10,12,14-15H,2,4-5,11H2,1H3,(H,22,23)(H,24,25). The van der Waals surface area contributed by atoms with Crippen molar-refractivity contribution in [2.75, 3.05) is 5.32 Å². The number of anilines is 1. The van der Waals surface area contributed by atoms with Crippen molar-refractivity contribution >= 4 is 17.6 Å². The van der Waals surface area contributed by atoms with Gasteiger partial charge in [-0.2, -0.15) is 0 Å². The molecule has 2 unspecified atom stereocenters. The molecular formula is C20H22N2O4. The van der Waals surface area contributed by atoms with Crippen molar-refractivity contribution in [1.29, 1.82) is 0 Å². The number of carboxylic acids is 1. The van der Waals surface area contributed by atoms with Crippen LogP contribution >= 0.6 is 0 Å². The first-order valence-electron chi connectivity index (χ1n) is 8.75. The van der Waals surface area contributed by atoms with Gasteiger partial charge >= 0.3 is 5.97 Å². The summed E-state index contributed by atoms with van der Waals surface area (Å²) in [7, 11) is 0. The summed E-state index contributed by atoms with van der Waals surface area (Å²) >= 11 is 0. The molecule has 1 aromatic heterocycles. The number of aliphatic carboxylic acids is 1. The van der Waals surface area contributed by atoms with Crippen LogP contribution in [0.1, 0.15) is 31.2 Å². The predicted molar refractivity (Wildman–Crippen MR) is 97.2 cm³/mol. The Balaban J connectivity index is 1.64. The van der Waals surface area contributed by atoms with Crippen molar-refractivity contribution in [2.24, 2.45) is 11.8 Å². The van der Waals surface area contributed by atoms with Crippen LogP contribution in [0.4, 0.5) is 5.69 Å². The second-order valence-corrected chi connectivity index (χ2v) is 6.66. The average molecular weight is 354 g/mol. The number of hydrogen-bond donors (Lipinski definition) is 2. The van der Waals surface area contributed by atoms with E-state index in [0.29, 0.717) is 30.0 Å². The molecule has 0 radical (unpaired) electrons. The van der Waals surface area contributed by atoms with E-state index in [1.807, 2.05) is 19.1 Å². The van der Waals surface area contributed by atoms with E-state index in [9.17, 15) is 9.59 Å². The monoisotopic (exact) mass is 354 g/mol. The highest BCUT2D eigenvalue weighted by atomic mass is 16.5. The Hall–Kier alpha value is -2.89. The molecule has 1 aromatic carbocycles. The molecule has 0 bridgehead atoms. The Kier molecular flexibility index (Phi) is 5.51. The van der Waals surface area contributed by atoms with Gasteiger partial charge in [-0.3, -0.25) is 14.6 Å². The molecule has 1 fully saturated rings. The van der Waals surface area contributed by atoms with E-state index in [0.717, 1.165) is 18.4 Å². The predicted octanol–water partition coefficient (Wildman–Crippen LogP) is 4.01. The zero-order valence-electron chi connectivity index (χ0n) is 14.6. The molecule has 6 nitrogen and oxygen atoms in total. The number of carbonyl (C=O) groups excluding carboxylic acids is 1. The fraction of sp³-hybridized carbons (Fsp3) is 0.350. The smallest absolute Gasteiger partial charge is 0.306 e. The molecule has 2 N–H and O–H groups in total. The Morgan fingerprint density at radius 2 is 2.04 bits per heavy atom. The molecule has 0 saturated heterocycles. The molecular weight excluding hydrogens is 332 g/mol. The summed E-state index contributed by atoms with van der Waals surface area (Å²) in [5, 5.41) is 12.1. The van der Waals surface area contributed by atoms with Crippen LogP contribution in [0.25, 0.3) is 0 Å². The zero-order chi connectivity index (χ0) is 18.5. The maximum absolute atomic E-state index is 12.5. The zero-order valence-corrected chi connectivity index (χ0v) is 14.6. The van der Waals surface area contributed by atoms with Gasteiger partial charge in [0, 0.05) is 17.8 Å². The summed E-state index contributed by atoms with van der Waals surface area (Å²) in [6, 6.07) is 9.06. The maximum atomic E-state index is 12.5. The maximum Gasteiger partial charge on any atom is 0.306 e. The van der Waals surface area contributed by atoms with Crippen molar-refractivity contribution in [3.8, 4) is 11.5 Å². The number of carboxylic acid groups (broad SMARTS) is 1. The third kappa shape index (κ3) is 4.39. The third-order valence-electron chi connectivity index (χ3n) is 4.70. The van der Waals surface area contributed by atoms with E-state index in [2.05, 4.69) is 10.3 Å². The molecule has 1 amide bonds. The van der Waals surface area contributed by atoms with Crippen LogP contribution in [0.3, 0.4) is 0 Å². The minimum atomic E-state index is -0.810. The number of carbonyl (C=O) groups is 2. The molecule has 2 aromatic rings. The highest BCUT2D eigenvalue weighted by molar-refractivity contribution is 5.93. The summed E-state index contributed by atoms with van der Waals surface area (Å²) in [6.45, 7) is 1.91. The second-order valence-electron chi connectivity index (χ2n) is 6.66. The first-order valence-corrected chi connectivity index (χ1v) is 8.75. The van der Waals surface area contributed by atoms with E-state index in [1.165, 1.54) is 0 Å². The number of rotatable bonds is 5. The lowest BCUT2D eigenvalue weighted by molar-refractivity contribution is -0.143. The Bertz CT molecular complexity index is 792. The number of nitrogens with one attached hydrogen (secondary N) is 1. The van der Waals surface area contributed by atoms with Gasteiger partial charge in [-0.15, -0.1) is 0 Å². The number of aromatic nitrogens is 1. The first kappa shape index (κ1) is 17.9. The van der Waals surface area contributed by atoms with Crippen LogP contribution in [-0.2, 0) is 9.59 Å². The minimum absolute atomic E-state index is 0.115. The fourth-order valence-corrected chi connectivity index (χ4v) is 3.27. The summed E-state index contributed by atoms with van der Waals surface area (Å²) in [6.07, 6.45) is 5.87. The molecule has 0 aliphatic heterocycles. The highest BCUT2D eigenvalue weighted by Crippen LogP contribution is 2.31. The molecule has 1 saturated carbocycles. The number of aryl methyl sites for hydroxylation is 1. The van der Waals surface area contributed by atoms with Gasteiger partial charge in [0.1, 0.15) is 11.5 Å². The van der Waals surface area contributed by atoms with Crippen LogP contribution in [0, 0.1) is 18.8 Å². The first-order chi connectivity index (χ1) is 12.5. The highest BCUT2D eigenvalue weighted by Gasteiger charge is 2.31. The van der Waals surface area contributed by atoms with Gasteiger partial charge in [-0.25, -0.2) is 0 Å². The average Bonchev–Trinajstić information content (AvgIpc) is 2.65. The number of ether oxygens (including phenoxy) is 1. The number of nitrogens with zero attached hydrogens (tertiary/aromatic N) is 1. The van der Waals surface area contributed by atoms with Crippen LogP contribution in [0.2, 0.25) is 0 Å². The molecule has 26 heavy (non-hydrogen) atoms. The summed E-state index contributed by atoms with van der Waals surface area (Å²) in [5.41, 5.74) is 1.57. The van der Waals surface area contributed by atoms with Crippen molar-refractivity contribution in [3.05, 3.63) is 48.3 Å². The number of benzene rings is 1. The molecule has 1 aliphatic carbocycles. The van der Waals surface area contributed by atoms with Crippen molar-refractivity contribution in [3.63, 3.8) is 0 Å². The van der Waals surface area contributed by atoms with Crippen LogP contribution in [0.5, 0.6) is 11.5 Å². The van der Waals surface area contributed by atoms with Crippen molar-refractivity contribution in [2.45, 2.75) is 32.6 Å². The summed E-state index contributed by atoms with van der Waals surface area (Å²) < 4.78 is 5.79. The van der Waals surface area contributed by atoms with Gasteiger partial charge in [0.15, 0.2) is 0 Å². The van der Waals surface area contributed by atoms with Crippen LogP contribution in [-0.4, -0.2) is 22.0 Å². The van der Waals surface area contributed by atoms with Gasteiger partial charge in [0.05, 0.1) is 12.1 Å². The van der Waals surface area contributed by atoms with Gasteiger partial charge in [0.2, 0.25) is 5.91 Å². The molecule has 6 heteroatoms. The van der Waals surface area contributed by atoms with E-state index in [1.54, 1.807) is 30.6 Å². The van der Waals surface area contributed by atoms with Crippen LogP contribution < -0.4 is 10.1 Å². The summed E-state index contributed by atoms with van der Waals surface area (Å²) in [5.74, 6) is -0.256. The lowest BCUT2D eigenvalue weighted by atomic mass is 9.81. The number of amides is 1. The largest absolute Gasteiger partial charge is 0.481 e. The topological polar surface area (TPSA) is 88.5 Å². The van der Waals surface area contributed by atoms with Crippen LogP contribution in [0.15, 0.2) is 42.7 Å². The number of pyridine rings is 1. The molecule has 1 heterocycles. The lowest BCUT2D eigenvalue weighted by Gasteiger charge is -2.25. The van der Waals surface area contributed by atoms with Crippen molar-refractivity contribution < 1.29 is 19.4 Å². The van der Waals surface area contributed by atoms with E-state index < -0.39 is 11.9 Å². The Morgan fingerprint density at radius 1 is 1.23 bits per heavy atom. The van der Waals surface area contributed by atoms with Gasteiger partial charge in [-0.1, -0.05) is 6.42 Å². The SMILES string of the molecule is Cc1cc(NC(=O)C2CCCC(C(=O)O)C2)ccc1Oc1cccnc1. The number of hydrogen-bond acceptors (Lipinski definition) is 4. The normalized spacial score (nSPS) is 19.6. The van der Waals surface area contributed by atoms with Gasteiger partial charge in [-0.05, 0) is 62.1 Å². The third-order valence-corrected chi connectivity index (χ3v) is 4.70. The summed E-state index contributed by atoms with van der Waals surface area (Å²) in [4.78, 5) is 27.7. The van der Waals surface area contributed by atoms with E-state index in [4.69, 9.17) is 9.84 Å². The Labute approximate surface area is 152 Å². The minimum Gasteiger partial charge on any atom is -0.481 e. The lowest BCUT2D eigenvalue weighted by Crippen LogP contribution is -2.30. The molecule has 1 aliphatic rings. The Morgan fingerprint density at radius 3 is 2.73 bits per heavy atom. The van der Waals surface area contributed by atoms with E-state index >= 15 is 0 Å². The van der Waals surface area contributed by atoms with E-state index in [-0.39, 0.29) is 11.8 Å². The van der Waals surface area contributed by atoms with Gasteiger partial charge < -0.3 is 15.2 Å². The molecule has 2 atom stereocenters. The quantitative estimate of drug-likeness (QED) is 0.847. The molecule has 0 spiro atoms. The molecule has 3 rings (SSSR count). The van der Waals surface area contributed by atoms with Crippen molar-refractivity contribution in [1.82, 2.24) is 4.98 Å². The molecule has 136 valence electrons. The fourth-order valence-electron chi connectivity index (χ4n) is 3.27. The second kappa shape index (κ2) is 7.99.